The molecular formula is C27H22N2O5S2. The van der Waals surface area contributed by atoms with Gasteiger partial charge in [0.1, 0.15) is 6.54 Å². The molecule has 2 saturated carbocycles. The van der Waals surface area contributed by atoms with Crippen molar-refractivity contribution < 1.29 is 19.5 Å². The Morgan fingerprint density at radius 3 is 2.31 bits per heavy atom. The number of thiazole rings is 1. The second-order valence-corrected chi connectivity index (χ2v) is 12.3. The first-order valence-electron chi connectivity index (χ1n) is 12.0. The van der Waals surface area contributed by atoms with Gasteiger partial charge in [0.15, 0.2) is 0 Å². The third-order valence-corrected chi connectivity index (χ3v) is 11.1. The molecule has 3 aromatic rings. The van der Waals surface area contributed by atoms with Crippen LogP contribution in [0.25, 0.3) is 11.1 Å². The summed E-state index contributed by atoms with van der Waals surface area (Å²) in [5.41, 5.74) is 3.34. The van der Waals surface area contributed by atoms with Gasteiger partial charge in [0.25, 0.3) is 0 Å². The van der Waals surface area contributed by atoms with Gasteiger partial charge in [0.05, 0.1) is 16.9 Å². The van der Waals surface area contributed by atoms with Crippen LogP contribution in [0.3, 0.4) is 0 Å². The quantitative estimate of drug-likeness (QED) is 0.511. The Hall–Kier alpha value is -3.17. The van der Waals surface area contributed by atoms with Crippen LogP contribution in [0, 0.1) is 29.6 Å². The van der Waals surface area contributed by atoms with Gasteiger partial charge in [-0.05, 0) is 40.9 Å². The average molecular weight is 519 g/mol. The zero-order valence-corrected chi connectivity index (χ0v) is 20.6. The van der Waals surface area contributed by atoms with Crippen LogP contribution in [0.1, 0.15) is 22.8 Å². The van der Waals surface area contributed by atoms with Crippen LogP contribution < -0.4 is 4.87 Å². The molecule has 2 amide bonds. The van der Waals surface area contributed by atoms with Gasteiger partial charge < -0.3 is 10.1 Å². The van der Waals surface area contributed by atoms with E-state index in [4.69, 9.17) is 0 Å². The maximum atomic E-state index is 13.3. The number of nitrogens with one attached hydrogen (secondary N) is 1. The number of fused-ring (bicyclic) bond motifs is 9. The van der Waals surface area contributed by atoms with Crippen molar-refractivity contribution in [1.82, 2.24) is 9.88 Å². The highest BCUT2D eigenvalue weighted by atomic mass is 32.2. The molecule has 2 N–H and O–H groups in total. The molecular weight excluding hydrogens is 496 g/mol. The molecule has 7 rings (SSSR count). The summed E-state index contributed by atoms with van der Waals surface area (Å²) < 4.78 is 0. The summed E-state index contributed by atoms with van der Waals surface area (Å²) in [5.74, 6) is -2.74. The highest BCUT2D eigenvalue weighted by Crippen LogP contribution is 2.68. The fourth-order valence-corrected chi connectivity index (χ4v) is 10.1. The number of carbonyl (C=O) groups is 3. The maximum Gasteiger partial charge on any atom is 0.323 e. The van der Waals surface area contributed by atoms with Crippen LogP contribution >= 0.6 is 23.1 Å². The molecule has 1 aromatic heterocycles. The summed E-state index contributed by atoms with van der Waals surface area (Å²) in [4.78, 5) is 55.0. The third kappa shape index (κ3) is 3.05. The largest absolute Gasteiger partial charge is 0.480 e. The van der Waals surface area contributed by atoms with Gasteiger partial charge in [-0.2, -0.15) is 0 Å². The monoisotopic (exact) mass is 518 g/mol. The number of carboxylic acids is 1. The van der Waals surface area contributed by atoms with Crippen molar-refractivity contribution in [2.75, 3.05) is 6.54 Å². The Morgan fingerprint density at radius 1 is 0.944 bits per heavy atom. The smallest absolute Gasteiger partial charge is 0.323 e. The number of amides is 2. The third-order valence-electron chi connectivity index (χ3n) is 8.49. The Morgan fingerprint density at radius 2 is 1.61 bits per heavy atom. The van der Waals surface area contributed by atoms with E-state index >= 15 is 0 Å². The van der Waals surface area contributed by atoms with Gasteiger partial charge in [-0.1, -0.05) is 65.9 Å². The molecule has 2 aliphatic carbocycles. The zero-order valence-electron chi connectivity index (χ0n) is 19.0. The summed E-state index contributed by atoms with van der Waals surface area (Å²) in [6, 6.07) is 18.6. The number of rotatable bonds is 4. The van der Waals surface area contributed by atoms with E-state index < -0.39 is 24.3 Å². The Labute approximate surface area is 214 Å². The average Bonchev–Trinajstić information content (AvgIpc) is 3.60. The highest BCUT2D eigenvalue weighted by Gasteiger charge is 2.69. The lowest BCUT2D eigenvalue weighted by Crippen LogP contribution is -2.42. The SMILES string of the molecule is O=C(O)CN1C(=O)[C@@H]2[C@H]3C[C@@H]([C@@H]4Sc5[nH]c(=O)sc5[C@@H](c5ccc(-c6ccccc6)cc5)[C@@H]34)[C@H]2C1=O. The van der Waals surface area contributed by atoms with Crippen molar-refractivity contribution >= 4 is 40.9 Å². The first-order valence-corrected chi connectivity index (χ1v) is 13.7. The van der Waals surface area contributed by atoms with E-state index in [-0.39, 0.29) is 45.6 Å². The molecule has 0 spiro atoms. The van der Waals surface area contributed by atoms with Crippen molar-refractivity contribution in [3.05, 3.63) is 74.7 Å². The van der Waals surface area contributed by atoms with Gasteiger partial charge in [0, 0.05) is 16.0 Å². The highest BCUT2D eigenvalue weighted by molar-refractivity contribution is 8.00. The van der Waals surface area contributed by atoms with Gasteiger partial charge in [-0.3, -0.25) is 24.1 Å². The number of thioether (sulfide) groups is 1. The van der Waals surface area contributed by atoms with Crippen LogP contribution in [-0.4, -0.2) is 44.6 Å². The molecule has 2 bridgehead atoms. The molecule has 0 unspecified atom stereocenters. The van der Waals surface area contributed by atoms with Gasteiger partial charge in [-0.15, -0.1) is 11.8 Å². The second kappa shape index (κ2) is 7.91. The minimum absolute atomic E-state index is 0.00658. The maximum absolute atomic E-state index is 13.3. The second-order valence-electron chi connectivity index (χ2n) is 10.1. The minimum Gasteiger partial charge on any atom is -0.480 e. The predicted molar refractivity (Wildman–Crippen MR) is 135 cm³/mol. The number of hydrogen-bond donors (Lipinski definition) is 2. The fourth-order valence-electron chi connectivity index (χ4n) is 7.26. The number of hydrogen-bond acceptors (Lipinski definition) is 6. The Balaban J connectivity index is 1.29. The zero-order chi connectivity index (χ0) is 24.7. The summed E-state index contributed by atoms with van der Waals surface area (Å²) in [5, 5.41) is 10.2. The van der Waals surface area contributed by atoms with Crippen LogP contribution in [0.5, 0.6) is 0 Å². The molecule has 9 heteroatoms. The van der Waals surface area contributed by atoms with Gasteiger partial charge in [-0.25, -0.2) is 0 Å². The van der Waals surface area contributed by atoms with Gasteiger partial charge >= 0.3 is 10.8 Å². The van der Waals surface area contributed by atoms with Crippen molar-refractivity contribution in [3.8, 4) is 11.1 Å². The Kier molecular flexibility index (Phi) is 4.85. The fraction of sp³-hybridized carbons (Fsp3) is 0.333. The van der Waals surface area contributed by atoms with Crippen molar-refractivity contribution in [2.45, 2.75) is 22.6 Å². The molecule has 0 radical (unpaired) electrons. The van der Waals surface area contributed by atoms with Crippen molar-refractivity contribution in [1.29, 1.82) is 0 Å². The van der Waals surface area contributed by atoms with E-state index in [1.165, 1.54) is 11.3 Å². The Bertz CT molecular complexity index is 1460. The molecule has 7 atom stereocenters. The van der Waals surface area contributed by atoms with E-state index in [1.807, 2.05) is 18.2 Å². The lowest BCUT2D eigenvalue weighted by Gasteiger charge is -2.43. The summed E-state index contributed by atoms with van der Waals surface area (Å²) in [6.45, 7) is -0.572. The van der Waals surface area contributed by atoms with Crippen molar-refractivity contribution in [3.63, 3.8) is 0 Å². The molecule has 7 nitrogen and oxygen atoms in total. The van der Waals surface area contributed by atoms with Crippen LogP contribution in [-0.2, 0) is 14.4 Å². The number of aromatic nitrogens is 1. The number of carboxylic acid groups (broad SMARTS) is 1. The number of aromatic amines is 1. The molecule has 3 heterocycles. The molecule has 2 aromatic carbocycles. The number of imide groups is 1. The number of H-pyrrole nitrogens is 1. The molecule has 36 heavy (non-hydrogen) atoms. The summed E-state index contributed by atoms with van der Waals surface area (Å²) >= 11 is 2.87. The van der Waals surface area contributed by atoms with E-state index in [2.05, 4.69) is 41.4 Å². The van der Waals surface area contributed by atoms with Crippen LogP contribution in [0.4, 0.5) is 0 Å². The van der Waals surface area contributed by atoms with E-state index in [1.54, 1.807) is 11.8 Å². The van der Waals surface area contributed by atoms with Crippen LogP contribution in [0.2, 0.25) is 0 Å². The lowest BCUT2D eigenvalue weighted by atomic mass is 9.68. The van der Waals surface area contributed by atoms with E-state index in [9.17, 15) is 24.3 Å². The topological polar surface area (TPSA) is 108 Å². The van der Waals surface area contributed by atoms with Crippen LogP contribution in [0.15, 0.2) is 64.4 Å². The van der Waals surface area contributed by atoms with Gasteiger partial charge in [0.2, 0.25) is 11.8 Å². The van der Waals surface area contributed by atoms with E-state index in [0.717, 1.165) is 37.9 Å². The number of aliphatic carboxylic acids is 1. The standard InChI is InChI=1S/C27H22N2O5S2/c30-17(31)11-29-25(32)20-15-10-16(21(20)26(29)33)22-19(15)18(23-24(35-22)28-27(34)36-23)14-8-6-13(7-9-14)12-4-2-1-3-5-12/h1-9,15-16,18-22H,10-11H2,(H,28,34)(H,30,31)/t15-,16+,18-,19+,20+,21+,22-/m0/s1. The molecule has 2 aliphatic heterocycles. The normalized spacial score (nSPS) is 31.9. The molecule has 1 saturated heterocycles. The molecule has 182 valence electrons. The number of carbonyl (C=O) groups excluding carboxylic acids is 2. The first kappa shape index (κ1) is 22.1. The predicted octanol–water partition coefficient (Wildman–Crippen LogP) is 3.66. The number of benzene rings is 2. The minimum atomic E-state index is -1.17. The van der Waals surface area contributed by atoms with Crippen molar-refractivity contribution in [2.24, 2.45) is 29.6 Å². The molecule has 3 fully saturated rings. The molecule has 4 aliphatic rings. The van der Waals surface area contributed by atoms with E-state index in [0.29, 0.717) is 0 Å². The first-order chi connectivity index (χ1) is 17.4. The summed E-state index contributed by atoms with van der Waals surface area (Å²) in [6.07, 6.45) is 0.786. The number of nitrogens with zero attached hydrogens (tertiary/aromatic N) is 1. The number of likely N-dealkylation sites (tertiary alicyclic amines) is 1. The summed E-state index contributed by atoms with van der Waals surface area (Å²) in [7, 11) is 0. The lowest BCUT2D eigenvalue weighted by molar-refractivity contribution is -0.149.